The van der Waals surface area contributed by atoms with E-state index in [1.807, 2.05) is 91.0 Å². The standard InChI is InChI=1S/C41H30N2/c1-2-39-42-37-22-11-12-23-38(37)43(39)32-19-13-18-31(26-32)41-34-21-10-9-20-33(34)40(29-16-7-4-8-17-29)36-27-30(24-25-35(36)41)28-14-5-3-6-15-28/h3-27H,2H2,1H3/i1D3,2D2,4D,7D,8D,16D,17D. The lowest BCUT2D eigenvalue weighted by Crippen LogP contribution is -2.00. The first-order valence-corrected chi connectivity index (χ1v) is 14.0. The quantitative estimate of drug-likeness (QED) is 0.191. The Hall–Kier alpha value is -5.47. The van der Waals surface area contributed by atoms with E-state index < -0.39 is 31.4 Å². The van der Waals surface area contributed by atoms with Crippen LogP contribution in [0.4, 0.5) is 0 Å². The maximum atomic E-state index is 9.00. The van der Waals surface area contributed by atoms with Gasteiger partial charge in [-0.2, -0.15) is 0 Å². The molecule has 0 bridgehead atoms. The van der Waals surface area contributed by atoms with Gasteiger partial charge in [0, 0.05) is 18.9 Å². The summed E-state index contributed by atoms with van der Waals surface area (Å²) in [5, 5.41) is 2.88. The number of fused-ring (bicyclic) bond motifs is 3. The zero-order chi connectivity index (χ0) is 37.4. The summed E-state index contributed by atoms with van der Waals surface area (Å²) in [5.41, 5.74) is 5.49. The molecule has 0 amide bonds. The van der Waals surface area contributed by atoms with E-state index in [1.54, 1.807) is 34.9 Å². The van der Waals surface area contributed by atoms with Crippen molar-refractivity contribution in [1.29, 1.82) is 0 Å². The van der Waals surface area contributed by atoms with E-state index in [0.717, 1.165) is 33.0 Å². The molecule has 0 unspecified atom stereocenters. The van der Waals surface area contributed by atoms with E-state index in [9.17, 15) is 0 Å². The summed E-state index contributed by atoms with van der Waals surface area (Å²) < 4.78 is 86.4. The van der Waals surface area contributed by atoms with Crippen LogP contribution >= 0.6 is 0 Å². The van der Waals surface area contributed by atoms with E-state index in [-0.39, 0.29) is 23.5 Å². The highest BCUT2D eigenvalue weighted by molar-refractivity contribution is 6.22. The average molecular weight is 561 g/mol. The molecule has 0 spiro atoms. The number of aromatic nitrogens is 2. The lowest BCUT2D eigenvalue weighted by atomic mass is 9.85. The van der Waals surface area contributed by atoms with Gasteiger partial charge in [-0.1, -0.05) is 128 Å². The first kappa shape index (κ1) is 16.8. The summed E-state index contributed by atoms with van der Waals surface area (Å²) in [5.74, 6) is -0.241. The Kier molecular flexibility index (Phi) is 4.08. The fourth-order valence-corrected chi connectivity index (χ4v) is 6.12. The van der Waals surface area contributed by atoms with Crippen molar-refractivity contribution in [3.63, 3.8) is 0 Å². The molecule has 7 aromatic carbocycles. The van der Waals surface area contributed by atoms with Gasteiger partial charge in [-0.05, 0) is 85.3 Å². The number of para-hydroxylation sites is 2. The molecule has 8 rings (SSSR count). The lowest BCUT2D eigenvalue weighted by molar-refractivity contribution is 0.908. The van der Waals surface area contributed by atoms with E-state index in [1.165, 1.54) is 0 Å². The number of imidazole rings is 1. The monoisotopic (exact) mass is 560 g/mol. The Labute approximate surface area is 265 Å². The Morgan fingerprint density at radius 3 is 2.12 bits per heavy atom. The van der Waals surface area contributed by atoms with Crippen molar-refractivity contribution in [1.82, 2.24) is 9.55 Å². The summed E-state index contributed by atoms with van der Waals surface area (Å²) in [6.07, 6.45) is -2.78. The van der Waals surface area contributed by atoms with Crippen LogP contribution in [0.1, 0.15) is 26.4 Å². The third-order valence-electron chi connectivity index (χ3n) is 7.95. The highest BCUT2D eigenvalue weighted by Crippen LogP contribution is 2.45. The van der Waals surface area contributed by atoms with Crippen molar-refractivity contribution in [2.24, 2.45) is 0 Å². The first-order chi connectivity index (χ1) is 25.3. The van der Waals surface area contributed by atoms with Crippen molar-refractivity contribution >= 4 is 32.6 Å². The van der Waals surface area contributed by atoms with Gasteiger partial charge < -0.3 is 0 Å². The zero-order valence-corrected chi connectivity index (χ0v) is 22.9. The van der Waals surface area contributed by atoms with Crippen molar-refractivity contribution in [2.45, 2.75) is 13.2 Å². The van der Waals surface area contributed by atoms with Crippen molar-refractivity contribution < 1.29 is 13.7 Å². The molecular formula is C41H30N2. The van der Waals surface area contributed by atoms with Crippen molar-refractivity contribution in [2.75, 3.05) is 0 Å². The zero-order valence-electron chi connectivity index (χ0n) is 32.9. The minimum absolute atomic E-state index is 0.101. The van der Waals surface area contributed by atoms with Gasteiger partial charge in [0.15, 0.2) is 0 Å². The van der Waals surface area contributed by atoms with Crippen LogP contribution in [0.25, 0.3) is 71.6 Å². The molecule has 0 atom stereocenters. The van der Waals surface area contributed by atoms with Gasteiger partial charge in [0.2, 0.25) is 0 Å². The number of aryl methyl sites for hydroxylation is 1. The van der Waals surface area contributed by atoms with Gasteiger partial charge in [0.25, 0.3) is 0 Å². The molecule has 8 aromatic rings. The number of nitrogens with zero attached hydrogens (tertiary/aromatic N) is 2. The van der Waals surface area contributed by atoms with E-state index in [0.29, 0.717) is 33.1 Å². The molecular weight excluding hydrogens is 520 g/mol. The summed E-state index contributed by atoms with van der Waals surface area (Å²) in [6, 6.07) is 35.9. The molecule has 0 N–H and O–H groups in total. The highest BCUT2D eigenvalue weighted by Gasteiger charge is 2.18. The second-order valence-electron chi connectivity index (χ2n) is 10.4. The molecule has 0 aliphatic rings. The Morgan fingerprint density at radius 1 is 0.605 bits per heavy atom. The van der Waals surface area contributed by atoms with Crippen LogP contribution in [0.3, 0.4) is 0 Å². The van der Waals surface area contributed by atoms with E-state index >= 15 is 0 Å². The SMILES string of the molecule is [2H]c1c([2H])c([2H])c(-c2c3ccccc3c(-c3cccc(-n4c(C([2H])([2H])C([2H])([2H])[2H])nc5ccccc54)c3)c3ccc(-c4ccccc4)cc23)c([2H])c1[2H]. The van der Waals surface area contributed by atoms with Crippen LogP contribution in [-0.4, -0.2) is 9.55 Å². The molecule has 1 heterocycles. The maximum absolute atomic E-state index is 9.00. The van der Waals surface area contributed by atoms with Crippen LogP contribution in [0.2, 0.25) is 0 Å². The van der Waals surface area contributed by atoms with Crippen LogP contribution in [-0.2, 0) is 6.37 Å². The van der Waals surface area contributed by atoms with Crippen LogP contribution in [0.5, 0.6) is 0 Å². The smallest absolute Gasteiger partial charge is 0.114 e. The normalized spacial score (nSPS) is 15.4. The molecule has 0 saturated heterocycles. The highest BCUT2D eigenvalue weighted by atomic mass is 15.1. The summed E-state index contributed by atoms with van der Waals surface area (Å²) in [4.78, 5) is 4.50. The van der Waals surface area contributed by atoms with Crippen molar-refractivity contribution in [3.05, 3.63) is 157 Å². The molecule has 1 aromatic heterocycles. The molecule has 0 radical (unpaired) electrons. The second kappa shape index (κ2) is 10.4. The largest absolute Gasteiger partial charge is 0.296 e. The van der Waals surface area contributed by atoms with Crippen LogP contribution in [0, 0.1) is 0 Å². The Balaban J connectivity index is 1.48. The third kappa shape index (κ3) is 4.23. The van der Waals surface area contributed by atoms with Gasteiger partial charge in [-0.25, -0.2) is 4.98 Å². The molecule has 2 nitrogen and oxygen atoms in total. The first-order valence-electron chi connectivity index (χ1n) is 19.0. The van der Waals surface area contributed by atoms with Crippen LogP contribution in [0.15, 0.2) is 152 Å². The maximum Gasteiger partial charge on any atom is 0.114 e. The fourth-order valence-electron chi connectivity index (χ4n) is 6.12. The minimum atomic E-state index is -2.99. The van der Waals surface area contributed by atoms with Gasteiger partial charge in [-0.15, -0.1) is 0 Å². The number of hydrogen-bond donors (Lipinski definition) is 0. The predicted octanol–water partition coefficient (Wildman–Crippen LogP) is 10.9. The molecule has 0 aliphatic carbocycles. The average Bonchev–Trinajstić information content (AvgIpc) is 3.56. The van der Waals surface area contributed by atoms with Crippen molar-refractivity contribution in [3.8, 4) is 39.1 Å². The van der Waals surface area contributed by atoms with Gasteiger partial charge in [-0.3, -0.25) is 4.57 Å². The van der Waals surface area contributed by atoms with Gasteiger partial charge in [0.05, 0.1) is 17.9 Å². The molecule has 0 fully saturated rings. The van der Waals surface area contributed by atoms with Gasteiger partial charge in [0.1, 0.15) is 5.82 Å². The molecule has 204 valence electrons. The fraction of sp³-hybridized carbons (Fsp3) is 0.0488. The number of benzene rings is 7. The molecule has 0 aliphatic heterocycles. The van der Waals surface area contributed by atoms with Gasteiger partial charge >= 0.3 is 0 Å². The topological polar surface area (TPSA) is 17.8 Å². The second-order valence-corrected chi connectivity index (χ2v) is 10.4. The Morgan fingerprint density at radius 2 is 1.30 bits per heavy atom. The molecule has 0 saturated carbocycles. The number of rotatable bonds is 5. The lowest BCUT2D eigenvalue weighted by Gasteiger charge is -2.19. The summed E-state index contributed by atoms with van der Waals surface area (Å²) in [7, 11) is 0. The predicted molar refractivity (Wildman–Crippen MR) is 182 cm³/mol. The molecule has 43 heavy (non-hydrogen) atoms. The summed E-state index contributed by atoms with van der Waals surface area (Å²) in [6.45, 7) is -2.99. The molecule has 2 heteroatoms. The summed E-state index contributed by atoms with van der Waals surface area (Å²) >= 11 is 0. The minimum Gasteiger partial charge on any atom is -0.296 e. The van der Waals surface area contributed by atoms with E-state index in [4.69, 9.17) is 13.7 Å². The van der Waals surface area contributed by atoms with Crippen LogP contribution < -0.4 is 0 Å². The third-order valence-corrected chi connectivity index (χ3v) is 7.95. The number of hydrogen-bond acceptors (Lipinski definition) is 1. The van der Waals surface area contributed by atoms with E-state index in [2.05, 4.69) is 4.98 Å². The Bertz CT molecular complexity index is 2720.